The molecule has 0 fully saturated rings. The second-order valence-electron chi connectivity index (χ2n) is 4.71. The van der Waals surface area contributed by atoms with E-state index in [0.717, 1.165) is 42.9 Å². The maximum absolute atomic E-state index is 8.73. The van der Waals surface area contributed by atoms with Crippen LogP contribution in [0.15, 0.2) is 18.2 Å². The fraction of sp³-hybridized carbons (Fsp3) is 0.625. The molecule has 1 aromatic carbocycles. The number of aliphatic hydroxyl groups is 1. The van der Waals surface area contributed by atoms with Crippen LogP contribution in [0.4, 0.5) is 0 Å². The minimum atomic E-state index is 0.225. The van der Waals surface area contributed by atoms with Gasteiger partial charge in [0.25, 0.3) is 0 Å². The van der Waals surface area contributed by atoms with Crippen molar-refractivity contribution in [3.05, 3.63) is 23.8 Å². The van der Waals surface area contributed by atoms with Gasteiger partial charge < -0.3 is 14.6 Å². The molecular formula is C16H26O3. The van der Waals surface area contributed by atoms with Gasteiger partial charge in [-0.2, -0.15) is 0 Å². The summed E-state index contributed by atoms with van der Waals surface area (Å²) in [6, 6.07) is 5.92. The van der Waals surface area contributed by atoms with Crippen LogP contribution in [0.1, 0.15) is 44.6 Å². The van der Waals surface area contributed by atoms with Crippen molar-refractivity contribution in [2.24, 2.45) is 0 Å². The Bertz CT molecular complexity index is 320. The SMILES string of the molecule is CCCCCOc1cccc(OCCCCO)c1C. The molecule has 0 aliphatic heterocycles. The van der Waals surface area contributed by atoms with Crippen molar-refractivity contribution in [1.29, 1.82) is 0 Å². The summed E-state index contributed by atoms with van der Waals surface area (Å²) in [6.45, 7) is 5.84. The van der Waals surface area contributed by atoms with E-state index < -0.39 is 0 Å². The molecule has 0 heterocycles. The quantitative estimate of drug-likeness (QED) is 0.656. The highest BCUT2D eigenvalue weighted by atomic mass is 16.5. The van der Waals surface area contributed by atoms with Crippen molar-refractivity contribution >= 4 is 0 Å². The van der Waals surface area contributed by atoms with Crippen molar-refractivity contribution in [2.75, 3.05) is 19.8 Å². The van der Waals surface area contributed by atoms with E-state index in [1.807, 2.05) is 25.1 Å². The van der Waals surface area contributed by atoms with Gasteiger partial charge in [-0.3, -0.25) is 0 Å². The van der Waals surface area contributed by atoms with Crippen LogP contribution in [0, 0.1) is 6.92 Å². The van der Waals surface area contributed by atoms with Gasteiger partial charge in [0.05, 0.1) is 13.2 Å². The van der Waals surface area contributed by atoms with Crippen LogP contribution < -0.4 is 9.47 Å². The molecule has 1 aromatic rings. The first-order valence-electron chi connectivity index (χ1n) is 7.25. The second kappa shape index (κ2) is 9.68. The van der Waals surface area contributed by atoms with E-state index in [-0.39, 0.29) is 6.61 Å². The molecule has 1 rings (SSSR count). The predicted octanol–water partition coefficient (Wildman–Crippen LogP) is 3.72. The number of aliphatic hydroxyl groups excluding tert-OH is 1. The summed E-state index contributed by atoms with van der Waals surface area (Å²) < 4.78 is 11.5. The first kappa shape index (κ1) is 15.8. The van der Waals surface area contributed by atoms with Crippen LogP contribution in [0.25, 0.3) is 0 Å². The maximum atomic E-state index is 8.73. The van der Waals surface area contributed by atoms with E-state index in [2.05, 4.69) is 6.92 Å². The number of hydrogen-bond acceptors (Lipinski definition) is 3. The Labute approximate surface area is 116 Å². The lowest BCUT2D eigenvalue weighted by Gasteiger charge is -2.13. The number of benzene rings is 1. The summed E-state index contributed by atoms with van der Waals surface area (Å²) in [7, 11) is 0. The average Bonchev–Trinajstić information content (AvgIpc) is 2.43. The molecule has 0 aliphatic rings. The van der Waals surface area contributed by atoms with Crippen molar-refractivity contribution in [2.45, 2.75) is 46.0 Å². The summed E-state index contributed by atoms with van der Waals surface area (Å²) in [6.07, 6.45) is 5.16. The Morgan fingerprint density at radius 2 is 1.53 bits per heavy atom. The van der Waals surface area contributed by atoms with Gasteiger partial charge in [0.15, 0.2) is 0 Å². The highest BCUT2D eigenvalue weighted by Crippen LogP contribution is 2.27. The monoisotopic (exact) mass is 266 g/mol. The Morgan fingerprint density at radius 1 is 0.947 bits per heavy atom. The van der Waals surface area contributed by atoms with Gasteiger partial charge in [-0.25, -0.2) is 0 Å². The summed E-state index contributed by atoms with van der Waals surface area (Å²) >= 11 is 0. The Hall–Kier alpha value is -1.22. The smallest absolute Gasteiger partial charge is 0.125 e. The van der Waals surface area contributed by atoms with E-state index in [4.69, 9.17) is 14.6 Å². The Morgan fingerprint density at radius 3 is 2.05 bits per heavy atom. The van der Waals surface area contributed by atoms with Gasteiger partial charge >= 0.3 is 0 Å². The van der Waals surface area contributed by atoms with Crippen molar-refractivity contribution in [3.63, 3.8) is 0 Å². The molecule has 0 bridgehead atoms. The molecule has 1 N–H and O–H groups in total. The normalized spacial score (nSPS) is 10.5. The molecule has 0 saturated heterocycles. The van der Waals surface area contributed by atoms with Gasteiger partial charge in [-0.1, -0.05) is 25.8 Å². The number of hydrogen-bond donors (Lipinski definition) is 1. The molecule has 0 aliphatic carbocycles. The Balaban J connectivity index is 2.44. The van der Waals surface area contributed by atoms with Gasteiger partial charge in [0.2, 0.25) is 0 Å². The van der Waals surface area contributed by atoms with Crippen molar-refractivity contribution in [1.82, 2.24) is 0 Å². The van der Waals surface area contributed by atoms with Crippen LogP contribution in [-0.4, -0.2) is 24.9 Å². The van der Waals surface area contributed by atoms with Gasteiger partial charge in [-0.15, -0.1) is 0 Å². The zero-order valence-electron chi connectivity index (χ0n) is 12.2. The van der Waals surface area contributed by atoms with E-state index >= 15 is 0 Å². The molecule has 0 radical (unpaired) electrons. The Kier molecular flexibility index (Phi) is 8.07. The number of ether oxygens (including phenoxy) is 2. The number of rotatable bonds is 10. The molecule has 19 heavy (non-hydrogen) atoms. The third kappa shape index (κ3) is 5.97. The molecule has 108 valence electrons. The molecule has 0 amide bonds. The molecular weight excluding hydrogens is 240 g/mol. The molecule has 0 atom stereocenters. The van der Waals surface area contributed by atoms with Crippen LogP contribution in [0.3, 0.4) is 0 Å². The maximum Gasteiger partial charge on any atom is 0.125 e. The molecule has 0 unspecified atom stereocenters. The zero-order chi connectivity index (χ0) is 13.9. The predicted molar refractivity (Wildman–Crippen MR) is 78.0 cm³/mol. The van der Waals surface area contributed by atoms with Gasteiger partial charge in [0, 0.05) is 12.2 Å². The van der Waals surface area contributed by atoms with Crippen LogP contribution in [-0.2, 0) is 0 Å². The van der Waals surface area contributed by atoms with E-state index in [1.54, 1.807) is 0 Å². The van der Waals surface area contributed by atoms with Crippen molar-refractivity contribution in [3.8, 4) is 11.5 Å². The minimum Gasteiger partial charge on any atom is -0.493 e. The van der Waals surface area contributed by atoms with Crippen molar-refractivity contribution < 1.29 is 14.6 Å². The molecule has 0 aromatic heterocycles. The highest BCUT2D eigenvalue weighted by Gasteiger charge is 2.05. The lowest BCUT2D eigenvalue weighted by Crippen LogP contribution is -2.03. The summed E-state index contributed by atoms with van der Waals surface area (Å²) in [5.41, 5.74) is 1.06. The second-order valence-corrected chi connectivity index (χ2v) is 4.71. The number of unbranched alkanes of at least 4 members (excludes halogenated alkanes) is 3. The molecule has 3 nitrogen and oxygen atoms in total. The molecule has 0 saturated carbocycles. The van der Waals surface area contributed by atoms with E-state index in [9.17, 15) is 0 Å². The first-order chi connectivity index (χ1) is 9.29. The average molecular weight is 266 g/mol. The first-order valence-corrected chi connectivity index (χ1v) is 7.25. The summed E-state index contributed by atoms with van der Waals surface area (Å²) in [4.78, 5) is 0. The highest BCUT2D eigenvalue weighted by molar-refractivity contribution is 5.43. The largest absolute Gasteiger partial charge is 0.493 e. The van der Waals surface area contributed by atoms with Crippen LogP contribution >= 0.6 is 0 Å². The molecule has 3 heteroatoms. The standard InChI is InChI=1S/C16H26O3/c1-3-4-6-12-18-15-9-8-10-16(14(15)2)19-13-7-5-11-17/h8-10,17H,3-7,11-13H2,1-2H3. The topological polar surface area (TPSA) is 38.7 Å². The third-order valence-electron chi connectivity index (χ3n) is 3.05. The summed E-state index contributed by atoms with van der Waals surface area (Å²) in [5, 5.41) is 8.73. The van der Waals surface area contributed by atoms with Crippen LogP contribution in [0.5, 0.6) is 11.5 Å². The van der Waals surface area contributed by atoms with E-state index in [0.29, 0.717) is 6.61 Å². The summed E-state index contributed by atoms with van der Waals surface area (Å²) in [5.74, 6) is 1.79. The lowest BCUT2D eigenvalue weighted by molar-refractivity contribution is 0.251. The lowest BCUT2D eigenvalue weighted by atomic mass is 10.2. The third-order valence-corrected chi connectivity index (χ3v) is 3.05. The van der Waals surface area contributed by atoms with E-state index in [1.165, 1.54) is 12.8 Å². The zero-order valence-corrected chi connectivity index (χ0v) is 12.2. The fourth-order valence-corrected chi connectivity index (χ4v) is 1.84. The minimum absolute atomic E-state index is 0.225. The molecule has 0 spiro atoms. The van der Waals surface area contributed by atoms with Gasteiger partial charge in [-0.05, 0) is 38.3 Å². The fourth-order valence-electron chi connectivity index (χ4n) is 1.84. The van der Waals surface area contributed by atoms with Crippen LogP contribution in [0.2, 0.25) is 0 Å². The van der Waals surface area contributed by atoms with Gasteiger partial charge in [0.1, 0.15) is 11.5 Å².